The highest BCUT2D eigenvalue weighted by Crippen LogP contribution is 2.68. The molecule has 0 saturated heterocycles. The fourth-order valence-electron chi connectivity index (χ4n) is 7.94. The van der Waals surface area contributed by atoms with Gasteiger partial charge < -0.3 is 15.3 Å². The van der Waals surface area contributed by atoms with E-state index in [1.807, 2.05) is 6.92 Å². The van der Waals surface area contributed by atoms with Crippen LogP contribution in [0.25, 0.3) is 0 Å². The molecule has 4 fully saturated rings. The van der Waals surface area contributed by atoms with Crippen molar-refractivity contribution in [3.63, 3.8) is 0 Å². The van der Waals surface area contributed by atoms with Gasteiger partial charge in [-0.1, -0.05) is 13.8 Å². The Morgan fingerprint density at radius 2 is 1.76 bits per heavy atom. The smallest absolute Gasteiger partial charge is 0.161 e. The standard InChI is InChI=1S/C21H34O4/c1-12(22)21(25)9-7-16-15-5-4-13-10-14(23)6-8-19(13,2)18(15)17(24)11-20(16,21)3/h13-18,23-25H,4-11H2,1-3H3/t13-,14-,15+,16-,17+,18+,19+,20-,21+/m1/s1. The van der Waals surface area contributed by atoms with E-state index in [9.17, 15) is 20.1 Å². The zero-order chi connectivity index (χ0) is 18.2. The molecule has 4 aliphatic carbocycles. The summed E-state index contributed by atoms with van der Waals surface area (Å²) in [6.07, 6.45) is 6.16. The van der Waals surface area contributed by atoms with Crippen LogP contribution in [0.3, 0.4) is 0 Å². The van der Waals surface area contributed by atoms with Gasteiger partial charge >= 0.3 is 0 Å². The van der Waals surface area contributed by atoms with E-state index in [4.69, 9.17) is 0 Å². The fourth-order valence-corrected chi connectivity index (χ4v) is 7.94. The van der Waals surface area contributed by atoms with Gasteiger partial charge in [0.25, 0.3) is 0 Å². The van der Waals surface area contributed by atoms with Crippen molar-refractivity contribution in [2.75, 3.05) is 0 Å². The third-order valence-electron chi connectivity index (χ3n) is 9.30. The number of carbonyl (C=O) groups is 1. The minimum Gasteiger partial charge on any atom is -0.393 e. The van der Waals surface area contributed by atoms with Gasteiger partial charge in [-0.2, -0.15) is 0 Å². The molecular formula is C21H34O4. The topological polar surface area (TPSA) is 77.8 Å². The number of aliphatic hydroxyl groups excluding tert-OH is 2. The number of hydrogen-bond acceptors (Lipinski definition) is 4. The second-order valence-corrected chi connectivity index (χ2v) is 10.1. The van der Waals surface area contributed by atoms with Crippen molar-refractivity contribution in [1.82, 2.24) is 0 Å². The molecule has 3 N–H and O–H groups in total. The van der Waals surface area contributed by atoms with Gasteiger partial charge in [0, 0.05) is 5.41 Å². The van der Waals surface area contributed by atoms with Crippen molar-refractivity contribution in [2.45, 2.75) is 89.9 Å². The summed E-state index contributed by atoms with van der Waals surface area (Å²) in [5, 5.41) is 32.5. The Morgan fingerprint density at radius 3 is 2.44 bits per heavy atom. The van der Waals surface area contributed by atoms with Gasteiger partial charge in [-0.15, -0.1) is 0 Å². The van der Waals surface area contributed by atoms with E-state index in [-0.39, 0.29) is 23.2 Å². The molecule has 4 nitrogen and oxygen atoms in total. The number of hydrogen-bond donors (Lipinski definition) is 3. The molecule has 142 valence electrons. The second kappa shape index (κ2) is 5.53. The lowest BCUT2D eigenvalue weighted by Crippen LogP contribution is -2.62. The molecule has 4 heteroatoms. The van der Waals surface area contributed by atoms with E-state index in [1.165, 1.54) is 6.92 Å². The van der Waals surface area contributed by atoms with Crippen LogP contribution < -0.4 is 0 Å². The van der Waals surface area contributed by atoms with Gasteiger partial charge in [0.1, 0.15) is 5.60 Å². The Morgan fingerprint density at radius 1 is 1.04 bits per heavy atom. The lowest BCUT2D eigenvalue weighted by Gasteiger charge is -2.62. The van der Waals surface area contributed by atoms with Crippen molar-refractivity contribution in [3.8, 4) is 0 Å². The molecule has 0 spiro atoms. The maximum Gasteiger partial charge on any atom is 0.161 e. The molecule has 0 aromatic heterocycles. The number of ketones is 1. The molecule has 0 radical (unpaired) electrons. The van der Waals surface area contributed by atoms with Gasteiger partial charge in [-0.3, -0.25) is 4.79 Å². The lowest BCUT2D eigenvalue weighted by molar-refractivity contribution is -0.201. The predicted octanol–water partition coefficient (Wildman–Crippen LogP) is 2.68. The summed E-state index contributed by atoms with van der Waals surface area (Å²) < 4.78 is 0. The normalized spacial score (nSPS) is 58.2. The maximum atomic E-state index is 12.3. The number of rotatable bonds is 1. The number of aliphatic hydroxyl groups is 3. The Balaban J connectivity index is 1.70. The summed E-state index contributed by atoms with van der Waals surface area (Å²) >= 11 is 0. The van der Waals surface area contributed by atoms with Crippen molar-refractivity contribution in [1.29, 1.82) is 0 Å². The van der Waals surface area contributed by atoms with Gasteiger partial charge in [-0.05, 0) is 87.4 Å². The van der Waals surface area contributed by atoms with Crippen molar-refractivity contribution in [2.24, 2.45) is 34.5 Å². The average molecular weight is 350 g/mol. The Bertz CT molecular complexity index is 576. The van der Waals surface area contributed by atoms with E-state index >= 15 is 0 Å². The number of Topliss-reactive ketones (excluding diaryl/α,β-unsaturated/α-hetero) is 1. The SMILES string of the molecule is CC(=O)[C@@]1(O)CC[C@@H]2[C@@H]3CC[C@@H]4C[C@H](O)CC[C@]4(C)[C@@H]3[C@@H](O)C[C@]21C. The third-order valence-corrected chi connectivity index (χ3v) is 9.30. The molecule has 0 heterocycles. The van der Waals surface area contributed by atoms with E-state index in [2.05, 4.69) is 6.92 Å². The maximum absolute atomic E-state index is 12.3. The molecule has 0 aromatic carbocycles. The molecule has 0 aliphatic heterocycles. The number of fused-ring (bicyclic) bond motifs is 5. The van der Waals surface area contributed by atoms with E-state index in [0.717, 1.165) is 38.5 Å². The van der Waals surface area contributed by atoms with Gasteiger partial charge in [-0.25, -0.2) is 0 Å². The van der Waals surface area contributed by atoms with Crippen LogP contribution in [0, 0.1) is 34.5 Å². The van der Waals surface area contributed by atoms with Gasteiger partial charge in [0.2, 0.25) is 0 Å². The summed E-state index contributed by atoms with van der Waals surface area (Å²) in [6, 6.07) is 0. The summed E-state index contributed by atoms with van der Waals surface area (Å²) in [6.45, 7) is 5.88. The second-order valence-electron chi connectivity index (χ2n) is 10.1. The first kappa shape index (κ1) is 17.9. The average Bonchev–Trinajstić information content (AvgIpc) is 2.80. The Hall–Kier alpha value is -0.450. The van der Waals surface area contributed by atoms with Crippen LogP contribution in [0.15, 0.2) is 0 Å². The van der Waals surface area contributed by atoms with Crippen molar-refractivity contribution < 1.29 is 20.1 Å². The minimum absolute atomic E-state index is 0.0832. The largest absolute Gasteiger partial charge is 0.393 e. The molecule has 0 aromatic rings. The highest BCUT2D eigenvalue weighted by Gasteiger charge is 2.68. The minimum atomic E-state index is -1.27. The quantitative estimate of drug-likeness (QED) is 0.679. The zero-order valence-corrected chi connectivity index (χ0v) is 15.9. The van der Waals surface area contributed by atoms with Crippen LogP contribution in [0.2, 0.25) is 0 Å². The van der Waals surface area contributed by atoms with Gasteiger partial charge in [0.15, 0.2) is 5.78 Å². The van der Waals surface area contributed by atoms with Crippen LogP contribution in [-0.2, 0) is 4.79 Å². The number of carbonyl (C=O) groups excluding carboxylic acids is 1. The van der Waals surface area contributed by atoms with E-state index in [1.54, 1.807) is 0 Å². The lowest BCUT2D eigenvalue weighted by atomic mass is 9.43. The predicted molar refractivity (Wildman–Crippen MR) is 94.8 cm³/mol. The molecule has 4 saturated carbocycles. The highest BCUT2D eigenvalue weighted by molar-refractivity contribution is 5.86. The molecule has 9 atom stereocenters. The summed E-state index contributed by atoms with van der Waals surface area (Å²) in [5.41, 5.74) is -1.69. The highest BCUT2D eigenvalue weighted by atomic mass is 16.3. The monoisotopic (exact) mass is 350 g/mol. The van der Waals surface area contributed by atoms with Crippen LogP contribution >= 0.6 is 0 Å². The summed E-state index contributed by atoms with van der Waals surface area (Å²) in [4.78, 5) is 12.3. The molecule has 4 rings (SSSR count). The molecule has 25 heavy (non-hydrogen) atoms. The van der Waals surface area contributed by atoms with Gasteiger partial charge in [0.05, 0.1) is 12.2 Å². The van der Waals surface area contributed by atoms with Crippen molar-refractivity contribution in [3.05, 3.63) is 0 Å². The first-order chi connectivity index (χ1) is 11.6. The van der Waals surface area contributed by atoms with Crippen LogP contribution in [0.4, 0.5) is 0 Å². The molecule has 0 bridgehead atoms. The van der Waals surface area contributed by atoms with Crippen molar-refractivity contribution >= 4 is 5.78 Å². The zero-order valence-electron chi connectivity index (χ0n) is 15.9. The van der Waals surface area contributed by atoms with E-state index < -0.39 is 17.1 Å². The van der Waals surface area contributed by atoms with E-state index in [0.29, 0.717) is 30.6 Å². The first-order valence-electron chi connectivity index (χ1n) is 10.2. The summed E-state index contributed by atoms with van der Waals surface area (Å²) in [5.74, 6) is 1.30. The Labute approximate surface area is 151 Å². The molecule has 0 unspecified atom stereocenters. The van der Waals surface area contributed by atoms with Crippen LogP contribution in [0.1, 0.15) is 72.1 Å². The van der Waals surface area contributed by atoms with Crippen LogP contribution in [-0.4, -0.2) is 38.9 Å². The fraction of sp³-hybridized carbons (Fsp3) is 0.952. The molecule has 0 amide bonds. The first-order valence-corrected chi connectivity index (χ1v) is 10.2. The third kappa shape index (κ3) is 2.20. The molecule has 4 aliphatic rings. The Kier molecular flexibility index (Phi) is 3.97. The molecular weight excluding hydrogens is 316 g/mol. The van der Waals surface area contributed by atoms with Crippen LogP contribution in [0.5, 0.6) is 0 Å². The summed E-state index contributed by atoms with van der Waals surface area (Å²) in [7, 11) is 0.